The third-order valence-corrected chi connectivity index (χ3v) is 3.28. The molecular weight excluding hydrogens is 216 g/mol. The second-order valence-electron chi connectivity index (χ2n) is 4.41. The van der Waals surface area contributed by atoms with E-state index in [1.807, 2.05) is 11.9 Å². The number of phenolic OH excluding ortho intramolecular Hbond substituents is 1. The van der Waals surface area contributed by atoms with E-state index in [0.29, 0.717) is 11.6 Å². The molecule has 0 saturated carbocycles. The van der Waals surface area contributed by atoms with Crippen LogP contribution in [0, 0.1) is 0 Å². The average molecular weight is 234 g/mol. The van der Waals surface area contributed by atoms with Crippen LogP contribution in [-0.4, -0.2) is 42.1 Å². The highest BCUT2D eigenvalue weighted by molar-refractivity contribution is 5.94. The Morgan fingerprint density at radius 3 is 2.71 bits per heavy atom. The minimum absolute atomic E-state index is 0.00968. The molecule has 1 amide bonds. The molecule has 2 rings (SSSR count). The van der Waals surface area contributed by atoms with Crippen molar-refractivity contribution in [2.24, 2.45) is 0 Å². The molecule has 17 heavy (non-hydrogen) atoms. The van der Waals surface area contributed by atoms with E-state index in [-0.39, 0.29) is 11.7 Å². The SMILES string of the molecule is CNC1CCN(C(=O)c2cccc(O)c2)CC1. The summed E-state index contributed by atoms with van der Waals surface area (Å²) in [7, 11) is 1.96. The lowest BCUT2D eigenvalue weighted by Gasteiger charge is -2.31. The lowest BCUT2D eigenvalue weighted by molar-refractivity contribution is 0.0707. The molecule has 1 fully saturated rings. The monoisotopic (exact) mass is 234 g/mol. The number of hydrogen-bond acceptors (Lipinski definition) is 3. The highest BCUT2D eigenvalue weighted by Crippen LogP contribution is 2.16. The highest BCUT2D eigenvalue weighted by Gasteiger charge is 2.22. The van der Waals surface area contributed by atoms with Gasteiger partial charge in [-0.05, 0) is 38.1 Å². The van der Waals surface area contributed by atoms with Crippen molar-refractivity contribution < 1.29 is 9.90 Å². The summed E-state index contributed by atoms with van der Waals surface area (Å²) in [6.07, 6.45) is 1.97. The van der Waals surface area contributed by atoms with E-state index in [0.717, 1.165) is 25.9 Å². The number of nitrogens with one attached hydrogen (secondary N) is 1. The van der Waals surface area contributed by atoms with Crippen molar-refractivity contribution >= 4 is 5.91 Å². The summed E-state index contributed by atoms with van der Waals surface area (Å²) in [6, 6.07) is 7.05. The maximum Gasteiger partial charge on any atom is 0.253 e. The number of carbonyl (C=O) groups excluding carboxylic acids is 1. The van der Waals surface area contributed by atoms with Crippen molar-refractivity contribution in [2.45, 2.75) is 18.9 Å². The maximum absolute atomic E-state index is 12.1. The number of piperidine rings is 1. The predicted octanol–water partition coefficient (Wildman–Crippen LogP) is 1.22. The second kappa shape index (κ2) is 5.19. The van der Waals surface area contributed by atoms with E-state index in [1.165, 1.54) is 6.07 Å². The molecule has 0 spiro atoms. The minimum Gasteiger partial charge on any atom is -0.508 e. The van der Waals surface area contributed by atoms with Crippen LogP contribution in [0.25, 0.3) is 0 Å². The molecule has 4 nitrogen and oxygen atoms in total. The predicted molar refractivity (Wildman–Crippen MR) is 66.1 cm³/mol. The van der Waals surface area contributed by atoms with Crippen LogP contribution >= 0.6 is 0 Å². The van der Waals surface area contributed by atoms with Crippen LogP contribution in [0.1, 0.15) is 23.2 Å². The Kier molecular flexibility index (Phi) is 3.64. The van der Waals surface area contributed by atoms with Gasteiger partial charge in [0.25, 0.3) is 5.91 Å². The summed E-state index contributed by atoms with van der Waals surface area (Å²) < 4.78 is 0. The summed E-state index contributed by atoms with van der Waals surface area (Å²) in [5.74, 6) is 0.149. The molecule has 1 aromatic rings. The van der Waals surface area contributed by atoms with E-state index in [1.54, 1.807) is 18.2 Å². The normalized spacial score (nSPS) is 17.1. The molecular formula is C13H18N2O2. The zero-order valence-corrected chi connectivity index (χ0v) is 10.0. The number of nitrogens with zero attached hydrogens (tertiary/aromatic N) is 1. The Balaban J connectivity index is 2.02. The Bertz CT molecular complexity index is 398. The molecule has 1 saturated heterocycles. The molecule has 1 aliphatic heterocycles. The molecule has 0 bridgehead atoms. The first kappa shape index (κ1) is 11.9. The van der Waals surface area contributed by atoms with Crippen molar-refractivity contribution in [3.63, 3.8) is 0 Å². The van der Waals surface area contributed by atoms with Gasteiger partial charge in [0, 0.05) is 24.7 Å². The number of amides is 1. The summed E-state index contributed by atoms with van der Waals surface area (Å²) in [6.45, 7) is 1.56. The molecule has 0 atom stereocenters. The van der Waals surface area contributed by atoms with Crippen LogP contribution in [0.5, 0.6) is 5.75 Å². The van der Waals surface area contributed by atoms with Gasteiger partial charge in [0.05, 0.1) is 0 Å². The van der Waals surface area contributed by atoms with Gasteiger partial charge in [-0.3, -0.25) is 4.79 Å². The fraction of sp³-hybridized carbons (Fsp3) is 0.462. The van der Waals surface area contributed by atoms with Gasteiger partial charge in [0.1, 0.15) is 5.75 Å². The van der Waals surface area contributed by atoms with E-state index in [9.17, 15) is 9.90 Å². The van der Waals surface area contributed by atoms with E-state index in [4.69, 9.17) is 0 Å². The molecule has 1 heterocycles. The number of rotatable bonds is 2. The molecule has 2 N–H and O–H groups in total. The third-order valence-electron chi connectivity index (χ3n) is 3.28. The summed E-state index contributed by atoms with van der Waals surface area (Å²) >= 11 is 0. The number of hydrogen-bond donors (Lipinski definition) is 2. The lowest BCUT2D eigenvalue weighted by atomic mass is 10.0. The molecule has 1 aliphatic rings. The van der Waals surface area contributed by atoms with Crippen molar-refractivity contribution in [3.8, 4) is 5.75 Å². The third kappa shape index (κ3) is 2.77. The standard InChI is InChI=1S/C13H18N2O2/c1-14-11-5-7-15(8-6-11)13(17)10-3-2-4-12(16)9-10/h2-4,9,11,14,16H,5-8H2,1H3. The quantitative estimate of drug-likeness (QED) is 0.809. The minimum atomic E-state index is 0.00968. The van der Waals surface area contributed by atoms with E-state index in [2.05, 4.69) is 5.32 Å². The summed E-state index contributed by atoms with van der Waals surface area (Å²) in [5.41, 5.74) is 0.563. The Hall–Kier alpha value is -1.55. The Morgan fingerprint density at radius 2 is 2.12 bits per heavy atom. The van der Waals surface area contributed by atoms with Crippen LogP contribution < -0.4 is 5.32 Å². The Labute approximate surface area is 101 Å². The van der Waals surface area contributed by atoms with Crippen LogP contribution in [-0.2, 0) is 0 Å². The second-order valence-corrected chi connectivity index (χ2v) is 4.41. The van der Waals surface area contributed by atoms with Crippen LogP contribution in [0.3, 0.4) is 0 Å². The maximum atomic E-state index is 12.1. The first-order chi connectivity index (χ1) is 8.20. The highest BCUT2D eigenvalue weighted by atomic mass is 16.3. The van der Waals surface area contributed by atoms with Crippen molar-refractivity contribution in [3.05, 3.63) is 29.8 Å². The van der Waals surface area contributed by atoms with Gasteiger partial charge in [-0.1, -0.05) is 6.07 Å². The van der Waals surface area contributed by atoms with Gasteiger partial charge in [0.15, 0.2) is 0 Å². The largest absolute Gasteiger partial charge is 0.508 e. The fourth-order valence-corrected chi connectivity index (χ4v) is 2.19. The molecule has 0 unspecified atom stereocenters. The fourth-order valence-electron chi connectivity index (χ4n) is 2.19. The molecule has 0 radical (unpaired) electrons. The smallest absolute Gasteiger partial charge is 0.253 e. The number of carbonyl (C=O) groups is 1. The van der Waals surface area contributed by atoms with Crippen LogP contribution in [0.2, 0.25) is 0 Å². The molecule has 4 heteroatoms. The summed E-state index contributed by atoms with van der Waals surface area (Å²) in [5, 5.41) is 12.6. The van der Waals surface area contributed by atoms with E-state index >= 15 is 0 Å². The zero-order chi connectivity index (χ0) is 12.3. The number of aromatic hydroxyl groups is 1. The van der Waals surface area contributed by atoms with Crippen molar-refractivity contribution in [1.82, 2.24) is 10.2 Å². The van der Waals surface area contributed by atoms with Gasteiger partial charge in [-0.25, -0.2) is 0 Å². The lowest BCUT2D eigenvalue weighted by Crippen LogP contribution is -2.43. The van der Waals surface area contributed by atoms with Gasteiger partial charge in [0.2, 0.25) is 0 Å². The molecule has 92 valence electrons. The van der Waals surface area contributed by atoms with Crippen LogP contribution in [0.15, 0.2) is 24.3 Å². The molecule has 0 aromatic heterocycles. The summed E-state index contributed by atoms with van der Waals surface area (Å²) in [4.78, 5) is 14.0. The van der Waals surface area contributed by atoms with Gasteiger partial charge in [-0.2, -0.15) is 0 Å². The Morgan fingerprint density at radius 1 is 1.41 bits per heavy atom. The number of likely N-dealkylation sites (tertiary alicyclic amines) is 1. The number of benzene rings is 1. The van der Waals surface area contributed by atoms with Crippen LogP contribution in [0.4, 0.5) is 0 Å². The zero-order valence-electron chi connectivity index (χ0n) is 10.0. The van der Waals surface area contributed by atoms with Gasteiger partial charge < -0.3 is 15.3 Å². The first-order valence-corrected chi connectivity index (χ1v) is 5.96. The van der Waals surface area contributed by atoms with Crippen molar-refractivity contribution in [1.29, 1.82) is 0 Å². The van der Waals surface area contributed by atoms with Crippen molar-refractivity contribution in [2.75, 3.05) is 20.1 Å². The molecule has 0 aliphatic carbocycles. The average Bonchev–Trinajstić information content (AvgIpc) is 2.38. The molecule has 1 aromatic carbocycles. The van der Waals surface area contributed by atoms with E-state index < -0.39 is 0 Å². The topological polar surface area (TPSA) is 52.6 Å². The van der Waals surface area contributed by atoms with Gasteiger partial charge >= 0.3 is 0 Å². The number of phenols is 1. The van der Waals surface area contributed by atoms with Gasteiger partial charge in [-0.15, -0.1) is 0 Å². The first-order valence-electron chi connectivity index (χ1n) is 5.96.